The molecule has 1 aromatic heterocycles. The number of nitrogens with zero attached hydrogens (tertiary/aromatic N) is 1. The summed E-state index contributed by atoms with van der Waals surface area (Å²) in [6.45, 7) is 3.84. The van der Waals surface area contributed by atoms with E-state index in [0.29, 0.717) is 36.3 Å². The van der Waals surface area contributed by atoms with Crippen molar-refractivity contribution in [3.63, 3.8) is 0 Å². The first-order chi connectivity index (χ1) is 11.7. The number of aromatic nitrogens is 1. The molecule has 0 unspecified atom stereocenters. The molecule has 1 aromatic rings. The second-order valence-corrected chi connectivity index (χ2v) is 6.64. The van der Waals surface area contributed by atoms with E-state index in [1.807, 2.05) is 12.1 Å². The molecule has 1 amide bonds. The Morgan fingerprint density at radius 3 is 2.83 bits per heavy atom. The van der Waals surface area contributed by atoms with Crippen LogP contribution in [0.5, 0.6) is 0 Å². The van der Waals surface area contributed by atoms with Crippen molar-refractivity contribution in [2.24, 2.45) is 5.41 Å². The number of ether oxygens (including phenoxy) is 2. The summed E-state index contributed by atoms with van der Waals surface area (Å²) >= 11 is 0. The van der Waals surface area contributed by atoms with Crippen LogP contribution in [0.3, 0.4) is 0 Å². The van der Waals surface area contributed by atoms with Gasteiger partial charge in [0, 0.05) is 37.9 Å². The normalized spacial score (nSPS) is 24.1. The van der Waals surface area contributed by atoms with Crippen LogP contribution in [-0.4, -0.2) is 49.9 Å². The van der Waals surface area contributed by atoms with Gasteiger partial charge in [-0.2, -0.15) is 0 Å². The Hall–Kier alpha value is -1.66. The fourth-order valence-corrected chi connectivity index (χ4v) is 3.80. The largest absolute Gasteiger partial charge is 0.383 e. The molecule has 2 N–H and O–H groups in total. The summed E-state index contributed by atoms with van der Waals surface area (Å²) in [5.74, 6) is 0.705. The van der Waals surface area contributed by atoms with Gasteiger partial charge in [0.05, 0.1) is 18.3 Å². The Balaban J connectivity index is 1.54. The van der Waals surface area contributed by atoms with Crippen LogP contribution in [-0.2, 0) is 9.47 Å². The minimum Gasteiger partial charge on any atom is -0.383 e. The number of anilines is 1. The van der Waals surface area contributed by atoms with Crippen LogP contribution in [0.1, 0.15) is 43.0 Å². The molecule has 0 saturated heterocycles. The van der Waals surface area contributed by atoms with E-state index < -0.39 is 0 Å². The lowest BCUT2D eigenvalue weighted by molar-refractivity contribution is -0.157. The number of methoxy groups -OCH3 is 1. The lowest BCUT2D eigenvalue weighted by atomic mass is 9.51. The van der Waals surface area contributed by atoms with Gasteiger partial charge in [-0.15, -0.1) is 0 Å². The van der Waals surface area contributed by atoms with Crippen LogP contribution in [0.25, 0.3) is 0 Å². The molecule has 3 rings (SSSR count). The van der Waals surface area contributed by atoms with Crippen molar-refractivity contribution in [3.05, 3.63) is 23.9 Å². The maximum absolute atomic E-state index is 12.0. The molecule has 0 aromatic carbocycles. The van der Waals surface area contributed by atoms with E-state index in [2.05, 4.69) is 22.5 Å². The van der Waals surface area contributed by atoms with Crippen molar-refractivity contribution < 1.29 is 14.3 Å². The highest BCUT2D eigenvalue weighted by Gasteiger charge is 2.58. The fourth-order valence-electron chi connectivity index (χ4n) is 3.80. The van der Waals surface area contributed by atoms with E-state index in [9.17, 15) is 4.79 Å². The Morgan fingerprint density at radius 2 is 2.25 bits per heavy atom. The molecule has 0 radical (unpaired) electrons. The predicted octanol–water partition coefficient (Wildman–Crippen LogP) is 2.22. The second-order valence-electron chi connectivity index (χ2n) is 6.64. The van der Waals surface area contributed by atoms with Gasteiger partial charge in [0.1, 0.15) is 5.82 Å². The molecule has 2 fully saturated rings. The number of hydrogen-bond acceptors (Lipinski definition) is 5. The van der Waals surface area contributed by atoms with Crippen molar-refractivity contribution in [1.29, 1.82) is 0 Å². The van der Waals surface area contributed by atoms with Crippen molar-refractivity contribution in [2.75, 3.05) is 32.2 Å². The number of hydrogen-bond donors (Lipinski definition) is 2. The molecule has 2 aliphatic carbocycles. The van der Waals surface area contributed by atoms with E-state index in [0.717, 1.165) is 18.8 Å². The summed E-state index contributed by atoms with van der Waals surface area (Å²) in [7, 11) is 1.61. The van der Waals surface area contributed by atoms with E-state index in [1.54, 1.807) is 13.3 Å². The van der Waals surface area contributed by atoms with Crippen molar-refractivity contribution in [1.82, 2.24) is 10.3 Å². The lowest BCUT2D eigenvalue weighted by Crippen LogP contribution is -2.64. The number of nitrogens with one attached hydrogen (secondary N) is 2. The monoisotopic (exact) mass is 333 g/mol. The molecule has 6 nitrogen and oxygen atoms in total. The minimum atomic E-state index is -0.124. The van der Waals surface area contributed by atoms with Crippen LogP contribution in [0, 0.1) is 5.41 Å². The van der Waals surface area contributed by atoms with Crippen LogP contribution < -0.4 is 10.6 Å². The summed E-state index contributed by atoms with van der Waals surface area (Å²) in [4.78, 5) is 16.4. The Labute approximate surface area is 143 Å². The average molecular weight is 333 g/mol. The van der Waals surface area contributed by atoms with Gasteiger partial charge in [-0.3, -0.25) is 4.79 Å². The zero-order chi connectivity index (χ0) is 17.0. The molecule has 6 heteroatoms. The highest BCUT2D eigenvalue weighted by Crippen LogP contribution is 2.58. The highest BCUT2D eigenvalue weighted by molar-refractivity contribution is 5.94. The van der Waals surface area contributed by atoms with Gasteiger partial charge in [-0.05, 0) is 38.3 Å². The second kappa shape index (κ2) is 7.49. The van der Waals surface area contributed by atoms with Crippen LogP contribution >= 0.6 is 0 Å². The predicted molar refractivity (Wildman–Crippen MR) is 92.2 cm³/mol. The van der Waals surface area contributed by atoms with Crippen LogP contribution in [0.15, 0.2) is 18.3 Å². The zero-order valence-corrected chi connectivity index (χ0v) is 14.5. The molecule has 24 heavy (non-hydrogen) atoms. The van der Waals surface area contributed by atoms with Gasteiger partial charge in [-0.1, -0.05) is 6.42 Å². The molecule has 0 bridgehead atoms. The Kier molecular flexibility index (Phi) is 5.36. The molecule has 1 heterocycles. The van der Waals surface area contributed by atoms with Gasteiger partial charge < -0.3 is 20.1 Å². The minimum absolute atomic E-state index is 0.124. The number of rotatable bonds is 8. The third-order valence-corrected chi connectivity index (χ3v) is 5.38. The van der Waals surface area contributed by atoms with Crippen molar-refractivity contribution in [3.8, 4) is 0 Å². The van der Waals surface area contributed by atoms with Crippen molar-refractivity contribution >= 4 is 11.7 Å². The number of carbonyl (C=O) groups is 1. The van der Waals surface area contributed by atoms with E-state index in [1.165, 1.54) is 19.3 Å². The Bertz CT molecular complexity index is 557. The topological polar surface area (TPSA) is 72.5 Å². The summed E-state index contributed by atoms with van der Waals surface area (Å²) < 4.78 is 10.8. The quantitative estimate of drug-likeness (QED) is 0.714. The zero-order valence-electron chi connectivity index (χ0n) is 14.5. The number of amides is 1. The van der Waals surface area contributed by atoms with Crippen LogP contribution in [0.4, 0.5) is 5.82 Å². The molecule has 2 aliphatic rings. The lowest BCUT2D eigenvalue weighted by Gasteiger charge is -2.61. The molecule has 2 saturated carbocycles. The molecular formula is C18H27N3O3. The average Bonchev–Trinajstić information content (AvgIpc) is 2.53. The van der Waals surface area contributed by atoms with Crippen molar-refractivity contribution in [2.45, 2.75) is 44.8 Å². The molecular weight excluding hydrogens is 306 g/mol. The fraction of sp³-hybridized carbons (Fsp3) is 0.667. The first-order valence-electron chi connectivity index (χ1n) is 8.81. The van der Waals surface area contributed by atoms with Crippen LogP contribution in [0.2, 0.25) is 0 Å². The summed E-state index contributed by atoms with van der Waals surface area (Å²) in [6.07, 6.45) is 6.80. The molecule has 132 valence electrons. The third kappa shape index (κ3) is 3.26. The Morgan fingerprint density at radius 1 is 1.42 bits per heavy atom. The first-order valence-corrected chi connectivity index (χ1v) is 8.81. The SMILES string of the molecule is CCO[C@H]1C[C@@H](Nc2ccc(C(=O)NCCOC)cn2)C12CCC2. The van der Waals surface area contributed by atoms with E-state index in [4.69, 9.17) is 9.47 Å². The standard InChI is InChI=1S/C18H27N3O3/c1-3-24-15-11-14(18(15)7-4-8-18)21-16-6-5-13(12-20-16)17(22)19-9-10-23-2/h5-6,12,14-15H,3-4,7-11H2,1-2H3,(H,19,22)(H,20,21)/t14-,15+/m1/s1. The van der Waals surface area contributed by atoms with E-state index in [-0.39, 0.29) is 5.91 Å². The number of pyridine rings is 1. The van der Waals surface area contributed by atoms with Gasteiger partial charge in [0.2, 0.25) is 0 Å². The third-order valence-electron chi connectivity index (χ3n) is 5.38. The smallest absolute Gasteiger partial charge is 0.252 e. The molecule has 1 spiro atoms. The summed E-state index contributed by atoms with van der Waals surface area (Å²) in [5.41, 5.74) is 0.865. The first kappa shape index (κ1) is 17.2. The molecule has 2 atom stereocenters. The molecule has 0 aliphatic heterocycles. The maximum Gasteiger partial charge on any atom is 0.252 e. The summed E-state index contributed by atoms with van der Waals surface area (Å²) in [6, 6.07) is 4.12. The van der Waals surface area contributed by atoms with Gasteiger partial charge in [-0.25, -0.2) is 4.98 Å². The number of carbonyl (C=O) groups excluding carboxylic acids is 1. The van der Waals surface area contributed by atoms with E-state index >= 15 is 0 Å². The maximum atomic E-state index is 12.0. The van der Waals surface area contributed by atoms with Gasteiger partial charge in [0.15, 0.2) is 0 Å². The van der Waals surface area contributed by atoms with Gasteiger partial charge >= 0.3 is 0 Å². The van der Waals surface area contributed by atoms with Gasteiger partial charge in [0.25, 0.3) is 5.91 Å². The summed E-state index contributed by atoms with van der Waals surface area (Å²) in [5, 5.41) is 6.33. The highest BCUT2D eigenvalue weighted by atomic mass is 16.5.